The normalized spacial score (nSPS) is 14.3. The Kier molecular flexibility index (Phi) is 10.3. The molecule has 8 heteroatoms. The first kappa shape index (κ1) is 24.8. The molecule has 1 amide bonds. The van der Waals surface area contributed by atoms with Crippen molar-refractivity contribution in [3.63, 3.8) is 0 Å². The molecule has 1 aromatic carbocycles. The van der Waals surface area contributed by atoms with Crippen molar-refractivity contribution in [1.82, 2.24) is 4.90 Å². The summed E-state index contributed by atoms with van der Waals surface area (Å²) in [6, 6.07) is 4.55. The predicted molar refractivity (Wildman–Crippen MR) is 108 cm³/mol. The number of rotatable bonds is 6. The highest BCUT2D eigenvalue weighted by Crippen LogP contribution is 2.32. The monoisotopic (exact) mass is 409 g/mol. The maximum absolute atomic E-state index is 13.4. The number of hydrogen-bond acceptors (Lipinski definition) is 4. The van der Waals surface area contributed by atoms with E-state index in [0.29, 0.717) is 38.5 Å². The molecule has 1 aliphatic heterocycles. The second-order valence-corrected chi connectivity index (χ2v) is 6.29. The van der Waals surface area contributed by atoms with Gasteiger partial charge in [-0.3, -0.25) is 4.79 Å². The van der Waals surface area contributed by atoms with E-state index in [9.17, 15) is 9.18 Å². The summed E-state index contributed by atoms with van der Waals surface area (Å²) in [5.41, 5.74) is 6.31. The van der Waals surface area contributed by atoms with Crippen LogP contribution in [0.25, 0.3) is 0 Å². The van der Waals surface area contributed by atoms with Crippen molar-refractivity contribution < 1.29 is 13.9 Å². The second kappa shape index (κ2) is 10.8. The van der Waals surface area contributed by atoms with Gasteiger partial charge in [-0.1, -0.05) is 13.8 Å². The maximum Gasteiger partial charge on any atom is 0.230 e. The summed E-state index contributed by atoms with van der Waals surface area (Å²) in [5.74, 6) is 0.358. The minimum atomic E-state index is -0.449. The summed E-state index contributed by atoms with van der Waals surface area (Å²) in [7, 11) is 1.54. The topological polar surface area (TPSA) is 58.8 Å². The second-order valence-electron chi connectivity index (χ2n) is 6.29. The van der Waals surface area contributed by atoms with Gasteiger partial charge in [-0.15, -0.1) is 24.8 Å². The zero-order chi connectivity index (χ0) is 17.7. The fourth-order valence-electron chi connectivity index (χ4n) is 3.33. The summed E-state index contributed by atoms with van der Waals surface area (Å²) in [6.45, 7) is 7.10. The summed E-state index contributed by atoms with van der Waals surface area (Å²) in [6.07, 6.45) is 1.51. The Morgan fingerprint density at radius 2 is 1.77 bits per heavy atom. The fourth-order valence-corrected chi connectivity index (χ4v) is 3.33. The minimum absolute atomic E-state index is 0. The number of piperazine rings is 1. The van der Waals surface area contributed by atoms with Crippen LogP contribution in [0.1, 0.15) is 26.7 Å². The Morgan fingerprint density at radius 3 is 2.23 bits per heavy atom. The zero-order valence-electron chi connectivity index (χ0n) is 15.7. The molecule has 1 saturated heterocycles. The highest BCUT2D eigenvalue weighted by atomic mass is 35.5. The van der Waals surface area contributed by atoms with Crippen molar-refractivity contribution in [1.29, 1.82) is 0 Å². The first-order valence-electron chi connectivity index (χ1n) is 8.59. The van der Waals surface area contributed by atoms with Gasteiger partial charge in [0.25, 0.3) is 0 Å². The van der Waals surface area contributed by atoms with Crippen molar-refractivity contribution in [2.24, 2.45) is 11.1 Å². The lowest BCUT2D eigenvalue weighted by atomic mass is 9.81. The Bertz CT molecular complexity index is 569. The van der Waals surface area contributed by atoms with Gasteiger partial charge in [0.05, 0.1) is 18.2 Å². The van der Waals surface area contributed by atoms with E-state index >= 15 is 0 Å². The van der Waals surface area contributed by atoms with Gasteiger partial charge in [0.15, 0.2) is 0 Å². The molecule has 2 rings (SSSR count). The third kappa shape index (κ3) is 4.93. The lowest BCUT2D eigenvalue weighted by Gasteiger charge is -2.41. The number of nitrogens with zero attached hydrogens (tertiary/aromatic N) is 2. The lowest BCUT2D eigenvalue weighted by Crippen LogP contribution is -2.54. The van der Waals surface area contributed by atoms with Gasteiger partial charge in [0, 0.05) is 38.8 Å². The Morgan fingerprint density at radius 1 is 1.19 bits per heavy atom. The van der Waals surface area contributed by atoms with Crippen molar-refractivity contribution in [3.05, 3.63) is 24.0 Å². The quantitative estimate of drug-likeness (QED) is 0.783. The van der Waals surface area contributed by atoms with E-state index in [1.807, 2.05) is 18.7 Å². The van der Waals surface area contributed by atoms with Crippen molar-refractivity contribution in [2.45, 2.75) is 26.7 Å². The molecule has 1 aromatic rings. The molecule has 2 N–H and O–H groups in total. The summed E-state index contributed by atoms with van der Waals surface area (Å²) >= 11 is 0. The average Bonchev–Trinajstić information content (AvgIpc) is 2.63. The smallest absolute Gasteiger partial charge is 0.230 e. The van der Waals surface area contributed by atoms with Crippen molar-refractivity contribution >= 4 is 36.4 Å². The van der Waals surface area contributed by atoms with E-state index in [1.54, 1.807) is 6.07 Å². The molecule has 1 fully saturated rings. The van der Waals surface area contributed by atoms with Gasteiger partial charge < -0.3 is 20.3 Å². The van der Waals surface area contributed by atoms with E-state index in [-0.39, 0.29) is 36.5 Å². The third-order valence-electron chi connectivity index (χ3n) is 5.25. The number of methoxy groups -OCH3 is 1. The Hall–Kier alpha value is -1.24. The van der Waals surface area contributed by atoms with Crippen LogP contribution in [0.3, 0.4) is 0 Å². The van der Waals surface area contributed by atoms with Gasteiger partial charge in [0.2, 0.25) is 5.91 Å². The number of hydrogen-bond donors (Lipinski definition) is 1. The van der Waals surface area contributed by atoms with E-state index in [2.05, 4.69) is 4.90 Å². The fraction of sp³-hybridized carbons (Fsp3) is 0.611. The molecule has 0 aliphatic carbocycles. The number of nitrogens with two attached hydrogens (primary N) is 1. The van der Waals surface area contributed by atoms with E-state index in [0.717, 1.165) is 18.5 Å². The molecule has 26 heavy (non-hydrogen) atoms. The highest BCUT2D eigenvalue weighted by molar-refractivity contribution is 5.85. The van der Waals surface area contributed by atoms with Crippen LogP contribution in [0.4, 0.5) is 10.1 Å². The first-order chi connectivity index (χ1) is 11.5. The number of halogens is 3. The van der Waals surface area contributed by atoms with Gasteiger partial charge in [-0.05, 0) is 25.0 Å². The molecule has 1 aliphatic rings. The molecule has 0 unspecified atom stereocenters. The average molecular weight is 410 g/mol. The first-order valence-corrected chi connectivity index (χ1v) is 8.59. The van der Waals surface area contributed by atoms with E-state index < -0.39 is 5.41 Å². The van der Waals surface area contributed by atoms with Gasteiger partial charge in [-0.2, -0.15) is 0 Å². The summed E-state index contributed by atoms with van der Waals surface area (Å²) in [4.78, 5) is 16.9. The van der Waals surface area contributed by atoms with Crippen LogP contribution in [-0.4, -0.2) is 50.6 Å². The predicted octanol–water partition coefficient (Wildman–Crippen LogP) is 3.09. The number of ether oxygens (including phenoxy) is 1. The molecular weight excluding hydrogens is 380 g/mol. The van der Waals surface area contributed by atoms with Crippen LogP contribution in [0, 0.1) is 11.2 Å². The molecule has 0 radical (unpaired) electrons. The standard InChI is InChI=1S/C18H28FN3O2.2ClH/c1-4-18(5-2,13-20)17(23)22-10-8-21(9-11-22)15-7-6-14(19)12-16(15)24-3;;/h6-7,12H,4-5,8-11,13,20H2,1-3H3;2*1H. The molecule has 0 saturated carbocycles. The largest absolute Gasteiger partial charge is 0.494 e. The molecule has 0 bridgehead atoms. The van der Waals surface area contributed by atoms with Crippen LogP contribution in [0.5, 0.6) is 5.75 Å². The zero-order valence-corrected chi connectivity index (χ0v) is 17.3. The van der Waals surface area contributed by atoms with Crippen LogP contribution >= 0.6 is 24.8 Å². The number of amides is 1. The molecule has 150 valence electrons. The lowest BCUT2D eigenvalue weighted by molar-refractivity contribution is -0.142. The van der Waals surface area contributed by atoms with Crippen LogP contribution in [-0.2, 0) is 4.79 Å². The highest BCUT2D eigenvalue weighted by Gasteiger charge is 2.38. The van der Waals surface area contributed by atoms with Crippen LogP contribution in [0.2, 0.25) is 0 Å². The van der Waals surface area contributed by atoms with Gasteiger partial charge in [-0.25, -0.2) is 4.39 Å². The van der Waals surface area contributed by atoms with Gasteiger partial charge in [0.1, 0.15) is 11.6 Å². The molecule has 0 atom stereocenters. The van der Waals surface area contributed by atoms with E-state index in [1.165, 1.54) is 19.2 Å². The number of anilines is 1. The Balaban J connectivity index is 0.00000312. The molecule has 0 spiro atoms. The van der Waals surface area contributed by atoms with Crippen molar-refractivity contribution in [3.8, 4) is 5.75 Å². The van der Waals surface area contributed by atoms with Crippen LogP contribution in [0.15, 0.2) is 18.2 Å². The Labute approximate surface area is 167 Å². The van der Waals surface area contributed by atoms with Crippen LogP contribution < -0.4 is 15.4 Å². The van der Waals surface area contributed by atoms with Crippen molar-refractivity contribution in [2.75, 3.05) is 44.7 Å². The molecule has 0 aromatic heterocycles. The molecule has 1 heterocycles. The maximum atomic E-state index is 13.4. The third-order valence-corrected chi connectivity index (χ3v) is 5.25. The summed E-state index contributed by atoms with van der Waals surface area (Å²) < 4.78 is 18.6. The van der Waals surface area contributed by atoms with Gasteiger partial charge >= 0.3 is 0 Å². The molecule has 5 nitrogen and oxygen atoms in total. The number of carbonyl (C=O) groups excluding carboxylic acids is 1. The number of benzene rings is 1. The minimum Gasteiger partial charge on any atom is -0.494 e. The summed E-state index contributed by atoms with van der Waals surface area (Å²) in [5, 5.41) is 0. The number of carbonyl (C=O) groups is 1. The van der Waals surface area contributed by atoms with E-state index in [4.69, 9.17) is 10.5 Å². The SMILES string of the molecule is CCC(CC)(CN)C(=O)N1CCN(c2ccc(F)cc2OC)CC1.Cl.Cl. The molecular formula is C18H30Cl2FN3O2.